The molecule has 1 nitrogen and oxygen atoms in total. The molecule has 3 heteroatoms. The zero-order valence-electron chi connectivity index (χ0n) is 12.1. The lowest BCUT2D eigenvalue weighted by Crippen LogP contribution is -2.43. The van der Waals surface area contributed by atoms with Crippen LogP contribution < -0.4 is 0 Å². The average molecular weight is 366 g/mol. The predicted octanol–water partition coefficient (Wildman–Crippen LogP) is 5.68. The number of hydrogen-bond donors (Lipinski definition) is 0. The second-order valence-electron chi connectivity index (χ2n) is 6.23. The summed E-state index contributed by atoms with van der Waals surface area (Å²) >= 11 is 2.26. The summed E-state index contributed by atoms with van der Waals surface area (Å²) in [7, 11) is -1.66. The first kappa shape index (κ1) is 17.4. The first-order chi connectivity index (χ1) is 7.60. The summed E-state index contributed by atoms with van der Waals surface area (Å²) in [6, 6.07) is 0. The highest BCUT2D eigenvalue weighted by molar-refractivity contribution is 14.1. The summed E-state index contributed by atoms with van der Waals surface area (Å²) in [4.78, 5) is 0. The van der Waals surface area contributed by atoms with Gasteiger partial charge in [0, 0.05) is 0 Å². The molecule has 0 spiro atoms. The van der Waals surface area contributed by atoms with Gasteiger partial charge in [0.15, 0.2) is 8.32 Å². The lowest BCUT2D eigenvalue weighted by atomic mass is 10.1. The van der Waals surface area contributed by atoms with Gasteiger partial charge < -0.3 is 4.43 Å². The maximum atomic E-state index is 6.40. The van der Waals surface area contributed by atoms with Gasteiger partial charge in [0.1, 0.15) is 0 Å². The Morgan fingerprint density at radius 3 is 2.29 bits per heavy atom. The fraction of sp³-hybridized carbons (Fsp3) is 0.714. The Bertz CT molecular complexity index is 276. The molecule has 0 rings (SSSR count). The summed E-state index contributed by atoms with van der Waals surface area (Å²) in [6.07, 6.45) is 4.50. The van der Waals surface area contributed by atoms with Gasteiger partial charge in [0.05, 0.1) is 6.10 Å². The third-order valence-electron chi connectivity index (χ3n) is 3.40. The summed E-state index contributed by atoms with van der Waals surface area (Å²) in [5.74, 6) is 0. The van der Waals surface area contributed by atoms with E-state index in [1.165, 1.54) is 5.57 Å². The van der Waals surface area contributed by atoms with Crippen molar-refractivity contribution in [2.75, 3.05) is 0 Å². The standard InChI is InChI=1S/C14H27IOSi/c1-12(2)8-9-13(10-11-15)16-17(6,7)14(3,4)5/h10-11,13H,1,8-9H2,2-7H3/b11-10+/t13-/m0/s1. The van der Waals surface area contributed by atoms with Gasteiger partial charge in [-0.2, -0.15) is 0 Å². The Labute approximate surface area is 122 Å². The number of hydrogen-bond acceptors (Lipinski definition) is 1. The van der Waals surface area contributed by atoms with Crippen molar-refractivity contribution < 1.29 is 4.43 Å². The van der Waals surface area contributed by atoms with Gasteiger partial charge in [-0.05, 0) is 42.0 Å². The van der Waals surface area contributed by atoms with Crippen molar-refractivity contribution in [2.24, 2.45) is 0 Å². The first-order valence-corrected chi connectivity index (χ1v) is 10.3. The molecule has 0 saturated heterocycles. The monoisotopic (exact) mass is 366 g/mol. The van der Waals surface area contributed by atoms with E-state index < -0.39 is 8.32 Å². The minimum atomic E-state index is -1.66. The third kappa shape index (κ3) is 6.77. The van der Waals surface area contributed by atoms with E-state index in [4.69, 9.17) is 4.43 Å². The molecule has 17 heavy (non-hydrogen) atoms. The van der Waals surface area contributed by atoms with Gasteiger partial charge in [-0.3, -0.25) is 0 Å². The molecule has 100 valence electrons. The van der Waals surface area contributed by atoms with Crippen LogP contribution in [0.15, 0.2) is 22.3 Å². The SMILES string of the molecule is C=C(C)CC[C@@H](/C=C/I)O[Si](C)(C)C(C)(C)C. The van der Waals surface area contributed by atoms with Crippen molar-refractivity contribution in [2.45, 2.75) is 64.8 Å². The van der Waals surface area contributed by atoms with Gasteiger partial charge in [0.25, 0.3) is 0 Å². The highest BCUT2D eigenvalue weighted by Gasteiger charge is 2.38. The molecular weight excluding hydrogens is 339 g/mol. The van der Waals surface area contributed by atoms with Gasteiger partial charge >= 0.3 is 0 Å². The fourth-order valence-corrected chi connectivity index (χ4v) is 2.99. The van der Waals surface area contributed by atoms with E-state index in [1.54, 1.807) is 0 Å². The van der Waals surface area contributed by atoms with Crippen molar-refractivity contribution in [3.63, 3.8) is 0 Å². The minimum Gasteiger partial charge on any atom is -0.411 e. The molecule has 0 fully saturated rings. The van der Waals surface area contributed by atoms with Crippen molar-refractivity contribution in [1.29, 1.82) is 0 Å². The van der Waals surface area contributed by atoms with Gasteiger partial charge in [-0.25, -0.2) is 0 Å². The Kier molecular flexibility index (Phi) is 7.25. The summed E-state index contributed by atoms with van der Waals surface area (Å²) in [5, 5.41) is 0.271. The summed E-state index contributed by atoms with van der Waals surface area (Å²) < 4.78 is 8.46. The van der Waals surface area contributed by atoms with Crippen LogP contribution in [0.4, 0.5) is 0 Å². The van der Waals surface area contributed by atoms with Crippen LogP contribution in [-0.2, 0) is 4.43 Å². The Morgan fingerprint density at radius 2 is 1.94 bits per heavy atom. The third-order valence-corrected chi connectivity index (χ3v) is 8.31. The number of halogens is 1. The second-order valence-corrected chi connectivity index (χ2v) is 11.7. The molecule has 0 N–H and O–H groups in total. The van der Waals surface area contributed by atoms with Crippen molar-refractivity contribution >= 4 is 30.9 Å². The molecule has 0 aromatic heterocycles. The van der Waals surface area contributed by atoms with Crippen LogP contribution in [0.25, 0.3) is 0 Å². The van der Waals surface area contributed by atoms with Crippen LogP contribution in [0.5, 0.6) is 0 Å². The van der Waals surface area contributed by atoms with Crippen LogP contribution in [0, 0.1) is 0 Å². The van der Waals surface area contributed by atoms with Crippen LogP contribution in [-0.4, -0.2) is 14.4 Å². The normalized spacial score (nSPS) is 15.2. The van der Waals surface area contributed by atoms with Crippen LogP contribution in [0.3, 0.4) is 0 Å². The smallest absolute Gasteiger partial charge is 0.192 e. The van der Waals surface area contributed by atoms with E-state index in [-0.39, 0.29) is 11.1 Å². The summed E-state index contributed by atoms with van der Waals surface area (Å²) in [6.45, 7) is 17.5. The molecule has 0 aliphatic heterocycles. The van der Waals surface area contributed by atoms with Crippen molar-refractivity contribution in [1.82, 2.24) is 0 Å². The highest BCUT2D eigenvalue weighted by Crippen LogP contribution is 2.38. The molecule has 0 radical (unpaired) electrons. The van der Waals surface area contributed by atoms with E-state index in [2.05, 4.69) is 80.1 Å². The zero-order chi connectivity index (χ0) is 13.7. The Balaban J connectivity index is 4.59. The van der Waals surface area contributed by atoms with Crippen molar-refractivity contribution in [3.8, 4) is 0 Å². The molecule has 1 atom stereocenters. The lowest BCUT2D eigenvalue weighted by Gasteiger charge is -2.38. The predicted molar refractivity (Wildman–Crippen MR) is 89.3 cm³/mol. The highest BCUT2D eigenvalue weighted by atomic mass is 127. The van der Waals surface area contributed by atoms with E-state index >= 15 is 0 Å². The van der Waals surface area contributed by atoms with Crippen molar-refractivity contribution in [3.05, 3.63) is 22.3 Å². The summed E-state index contributed by atoms with van der Waals surface area (Å²) in [5.41, 5.74) is 1.23. The van der Waals surface area contributed by atoms with E-state index in [9.17, 15) is 0 Å². The maximum Gasteiger partial charge on any atom is 0.192 e. The topological polar surface area (TPSA) is 9.23 Å². The molecule has 0 amide bonds. The van der Waals surface area contributed by atoms with Crippen LogP contribution in [0.1, 0.15) is 40.5 Å². The molecule has 0 aliphatic rings. The molecular formula is C14H27IOSi. The number of allylic oxidation sites excluding steroid dienone is 1. The Hall–Kier alpha value is 0.387. The largest absolute Gasteiger partial charge is 0.411 e. The van der Waals surface area contributed by atoms with Crippen LogP contribution >= 0.6 is 22.6 Å². The molecule has 0 aromatic carbocycles. The number of rotatable bonds is 6. The van der Waals surface area contributed by atoms with E-state index in [1.807, 2.05) is 0 Å². The lowest BCUT2D eigenvalue weighted by molar-refractivity contribution is 0.215. The molecule has 0 aliphatic carbocycles. The molecule has 0 bridgehead atoms. The van der Waals surface area contributed by atoms with Gasteiger partial charge in [-0.1, -0.05) is 55.0 Å². The minimum absolute atomic E-state index is 0.240. The molecule has 0 unspecified atom stereocenters. The average Bonchev–Trinajstić information content (AvgIpc) is 2.12. The van der Waals surface area contributed by atoms with E-state index in [0.717, 1.165) is 12.8 Å². The molecule has 0 aromatic rings. The molecule has 0 saturated carbocycles. The Morgan fingerprint density at radius 1 is 1.41 bits per heavy atom. The first-order valence-electron chi connectivity index (χ1n) is 6.19. The van der Waals surface area contributed by atoms with Gasteiger partial charge in [-0.15, -0.1) is 6.58 Å². The van der Waals surface area contributed by atoms with E-state index in [0.29, 0.717) is 0 Å². The molecule has 0 heterocycles. The quantitative estimate of drug-likeness (QED) is 0.334. The maximum absolute atomic E-state index is 6.40. The fourth-order valence-electron chi connectivity index (χ4n) is 1.22. The van der Waals surface area contributed by atoms with Gasteiger partial charge in [0.2, 0.25) is 0 Å². The zero-order valence-corrected chi connectivity index (χ0v) is 15.3. The second kappa shape index (κ2) is 7.09. The van der Waals surface area contributed by atoms with Crippen LogP contribution in [0.2, 0.25) is 18.1 Å².